The second kappa shape index (κ2) is 10.1. The third-order valence-corrected chi connectivity index (χ3v) is 5.40. The van der Waals surface area contributed by atoms with Crippen molar-refractivity contribution in [2.24, 2.45) is 4.99 Å². The van der Waals surface area contributed by atoms with Crippen LogP contribution in [0.25, 0.3) is 0 Å². The van der Waals surface area contributed by atoms with E-state index in [4.69, 9.17) is 4.74 Å². The molecule has 2 amide bonds. The van der Waals surface area contributed by atoms with E-state index in [0.29, 0.717) is 23.0 Å². The molecule has 0 spiro atoms. The summed E-state index contributed by atoms with van der Waals surface area (Å²) in [5, 5.41) is 5.49. The van der Waals surface area contributed by atoms with E-state index in [2.05, 4.69) is 15.6 Å². The summed E-state index contributed by atoms with van der Waals surface area (Å²) in [6.45, 7) is 3.79. The molecule has 0 fully saturated rings. The fourth-order valence-corrected chi connectivity index (χ4v) is 3.72. The number of carbonyl (C=O) groups excluding carboxylic acids is 3. The highest BCUT2D eigenvalue weighted by Gasteiger charge is 2.25. The Bertz CT molecular complexity index is 945. The number of hydrogen-bond acceptors (Lipinski definition) is 6. The van der Waals surface area contributed by atoms with Gasteiger partial charge < -0.3 is 15.4 Å². The first-order chi connectivity index (χ1) is 14.5. The zero-order valence-corrected chi connectivity index (χ0v) is 17.6. The number of amidine groups is 1. The first kappa shape index (κ1) is 21.6. The highest BCUT2D eigenvalue weighted by atomic mass is 32.2. The van der Waals surface area contributed by atoms with E-state index in [9.17, 15) is 14.4 Å². The third kappa shape index (κ3) is 5.70. The number of amides is 2. The molecule has 7 nitrogen and oxygen atoms in total. The molecule has 0 unspecified atom stereocenters. The number of nitrogens with zero attached hydrogens (tertiary/aromatic N) is 1. The summed E-state index contributed by atoms with van der Waals surface area (Å²) in [5.41, 5.74) is 1.95. The first-order valence-corrected chi connectivity index (χ1v) is 10.5. The van der Waals surface area contributed by atoms with Crippen LogP contribution in [0.4, 0.5) is 5.69 Å². The zero-order chi connectivity index (χ0) is 21.5. The van der Waals surface area contributed by atoms with Crippen molar-refractivity contribution in [3.05, 3.63) is 65.7 Å². The lowest BCUT2D eigenvalue weighted by Gasteiger charge is -2.22. The van der Waals surface area contributed by atoms with Crippen LogP contribution < -0.4 is 10.6 Å². The Balaban J connectivity index is 1.61. The van der Waals surface area contributed by atoms with Crippen LogP contribution >= 0.6 is 11.8 Å². The van der Waals surface area contributed by atoms with Gasteiger partial charge in [0.15, 0.2) is 5.17 Å². The average Bonchev–Trinajstić information content (AvgIpc) is 2.74. The van der Waals surface area contributed by atoms with Crippen LogP contribution in [0.15, 0.2) is 59.6 Å². The van der Waals surface area contributed by atoms with Crippen molar-refractivity contribution in [3.8, 4) is 0 Å². The van der Waals surface area contributed by atoms with Crippen LogP contribution in [0.2, 0.25) is 0 Å². The summed E-state index contributed by atoms with van der Waals surface area (Å²) in [7, 11) is 0. The minimum absolute atomic E-state index is 0.122. The molecule has 8 heteroatoms. The molecule has 0 saturated heterocycles. The number of rotatable bonds is 6. The van der Waals surface area contributed by atoms with Crippen LogP contribution in [0.1, 0.15) is 42.2 Å². The lowest BCUT2D eigenvalue weighted by atomic mass is 10.0. The molecule has 2 aromatic carbocycles. The van der Waals surface area contributed by atoms with Crippen molar-refractivity contribution in [2.45, 2.75) is 31.6 Å². The van der Waals surface area contributed by atoms with Crippen LogP contribution in [0.5, 0.6) is 0 Å². The molecule has 2 atom stereocenters. The average molecular weight is 426 g/mol. The molecule has 1 aliphatic heterocycles. The predicted molar refractivity (Wildman–Crippen MR) is 117 cm³/mol. The van der Waals surface area contributed by atoms with E-state index in [1.807, 2.05) is 30.3 Å². The van der Waals surface area contributed by atoms with Gasteiger partial charge in [0.1, 0.15) is 0 Å². The van der Waals surface area contributed by atoms with Crippen molar-refractivity contribution >= 4 is 40.4 Å². The zero-order valence-electron chi connectivity index (χ0n) is 16.8. The maximum absolute atomic E-state index is 12.5. The van der Waals surface area contributed by atoms with Gasteiger partial charge in [-0.25, -0.2) is 4.79 Å². The Morgan fingerprint density at radius 2 is 1.90 bits per heavy atom. The Kier molecular flexibility index (Phi) is 7.24. The van der Waals surface area contributed by atoms with Gasteiger partial charge >= 0.3 is 5.97 Å². The van der Waals surface area contributed by atoms with Gasteiger partial charge in [-0.05, 0) is 43.7 Å². The molecule has 1 heterocycles. The Morgan fingerprint density at radius 3 is 2.57 bits per heavy atom. The van der Waals surface area contributed by atoms with Gasteiger partial charge in [-0.2, -0.15) is 0 Å². The number of carbonyl (C=O) groups is 3. The standard InChI is InChI=1S/C22H23N3O4S/c1-3-29-21(28)16-9-11-17(12-10-16)23-20(27)14(2)30-22-24-18(13-19(26)25-22)15-7-5-4-6-8-15/h4-12,14,18H,3,13H2,1-2H3,(H,23,27)(H,24,25,26)/t14-,18+/m0/s1. The van der Waals surface area contributed by atoms with E-state index >= 15 is 0 Å². The van der Waals surface area contributed by atoms with Crippen molar-refractivity contribution in [3.63, 3.8) is 0 Å². The van der Waals surface area contributed by atoms with Gasteiger partial charge in [-0.3, -0.25) is 14.6 Å². The van der Waals surface area contributed by atoms with Gasteiger partial charge in [0.2, 0.25) is 11.8 Å². The number of nitrogens with one attached hydrogen (secondary N) is 2. The van der Waals surface area contributed by atoms with E-state index in [1.165, 1.54) is 11.8 Å². The monoisotopic (exact) mass is 425 g/mol. The molecule has 0 saturated carbocycles. The fourth-order valence-electron chi connectivity index (χ4n) is 2.86. The van der Waals surface area contributed by atoms with E-state index in [-0.39, 0.29) is 24.3 Å². The highest BCUT2D eigenvalue weighted by Crippen LogP contribution is 2.27. The molecule has 30 heavy (non-hydrogen) atoms. The number of anilines is 1. The second-order valence-corrected chi connectivity index (χ2v) is 7.99. The largest absolute Gasteiger partial charge is 0.462 e. The van der Waals surface area contributed by atoms with E-state index < -0.39 is 11.2 Å². The number of benzene rings is 2. The normalized spacial score (nSPS) is 16.8. The van der Waals surface area contributed by atoms with Crippen molar-refractivity contribution < 1.29 is 19.1 Å². The molecule has 0 aliphatic carbocycles. The van der Waals surface area contributed by atoms with Crippen molar-refractivity contribution in [1.29, 1.82) is 0 Å². The third-order valence-electron chi connectivity index (χ3n) is 4.40. The molecule has 1 aliphatic rings. The van der Waals surface area contributed by atoms with Crippen LogP contribution in [0, 0.1) is 0 Å². The van der Waals surface area contributed by atoms with Crippen LogP contribution in [-0.2, 0) is 14.3 Å². The minimum atomic E-state index is -0.483. The molecule has 2 N–H and O–H groups in total. The summed E-state index contributed by atoms with van der Waals surface area (Å²) in [5.74, 6) is -0.760. The van der Waals surface area contributed by atoms with Crippen LogP contribution in [-0.4, -0.2) is 34.8 Å². The molecule has 0 bridgehead atoms. The fraction of sp³-hybridized carbons (Fsp3) is 0.273. The van der Waals surface area contributed by atoms with E-state index in [0.717, 1.165) is 5.56 Å². The molecule has 2 aromatic rings. The smallest absolute Gasteiger partial charge is 0.338 e. The molecule has 0 aromatic heterocycles. The first-order valence-electron chi connectivity index (χ1n) is 9.63. The van der Waals surface area contributed by atoms with Gasteiger partial charge in [0, 0.05) is 5.69 Å². The maximum Gasteiger partial charge on any atom is 0.338 e. The summed E-state index contributed by atoms with van der Waals surface area (Å²) < 4.78 is 4.94. The number of hydrogen-bond donors (Lipinski definition) is 2. The lowest BCUT2D eigenvalue weighted by molar-refractivity contribution is -0.120. The number of esters is 1. The lowest BCUT2D eigenvalue weighted by Crippen LogP contribution is -2.36. The quantitative estimate of drug-likeness (QED) is 0.690. The Morgan fingerprint density at radius 1 is 1.20 bits per heavy atom. The van der Waals surface area contributed by atoms with Gasteiger partial charge in [-0.1, -0.05) is 42.1 Å². The van der Waals surface area contributed by atoms with Crippen LogP contribution in [0.3, 0.4) is 0 Å². The summed E-state index contributed by atoms with van der Waals surface area (Å²) in [4.78, 5) is 40.9. The minimum Gasteiger partial charge on any atom is -0.462 e. The summed E-state index contributed by atoms with van der Waals surface area (Å²) in [6.07, 6.45) is 0.279. The highest BCUT2D eigenvalue weighted by molar-refractivity contribution is 8.15. The Hall–Kier alpha value is -3.13. The second-order valence-electron chi connectivity index (χ2n) is 6.66. The molecular weight excluding hydrogens is 402 g/mol. The molecular formula is C22H23N3O4S. The number of aliphatic imine (C=N–C) groups is 1. The van der Waals surface area contributed by atoms with Gasteiger partial charge in [0.05, 0.1) is 29.9 Å². The molecule has 156 valence electrons. The van der Waals surface area contributed by atoms with Gasteiger partial charge in [0.25, 0.3) is 0 Å². The van der Waals surface area contributed by atoms with E-state index in [1.54, 1.807) is 38.1 Å². The molecule has 0 radical (unpaired) electrons. The topological polar surface area (TPSA) is 96.9 Å². The summed E-state index contributed by atoms with van der Waals surface area (Å²) >= 11 is 1.20. The molecule has 3 rings (SSSR count). The number of thioether (sulfide) groups is 1. The summed E-state index contributed by atoms with van der Waals surface area (Å²) in [6, 6.07) is 15.8. The predicted octanol–water partition coefficient (Wildman–Crippen LogP) is 3.54. The number of ether oxygens (including phenoxy) is 1. The van der Waals surface area contributed by atoms with Crippen molar-refractivity contribution in [2.75, 3.05) is 11.9 Å². The Labute approximate surface area is 179 Å². The van der Waals surface area contributed by atoms with Gasteiger partial charge in [-0.15, -0.1) is 0 Å². The maximum atomic E-state index is 12.5. The van der Waals surface area contributed by atoms with Crippen molar-refractivity contribution in [1.82, 2.24) is 5.32 Å². The SMILES string of the molecule is CCOC(=O)c1ccc(NC(=O)[C@H](C)SC2=N[C@@H](c3ccccc3)CC(=O)N2)cc1.